The maximum absolute atomic E-state index is 11.9. The fraction of sp³-hybridized carbons (Fsp3) is 0.800. The number of rotatable bonds is 11. The maximum atomic E-state index is 11.9. The molecule has 1 aliphatic rings. The van der Waals surface area contributed by atoms with Gasteiger partial charge in [-0.2, -0.15) is 0 Å². The van der Waals surface area contributed by atoms with Crippen LogP contribution in [0.25, 0.3) is 0 Å². The van der Waals surface area contributed by atoms with Crippen LogP contribution in [0.15, 0.2) is 0 Å². The van der Waals surface area contributed by atoms with Crippen LogP contribution in [0.3, 0.4) is 0 Å². The molecule has 0 aromatic carbocycles. The summed E-state index contributed by atoms with van der Waals surface area (Å²) in [7, 11) is 0. The van der Waals surface area contributed by atoms with Crippen LogP contribution in [0, 0.1) is 0 Å². The highest BCUT2D eigenvalue weighted by Crippen LogP contribution is 2.11. The van der Waals surface area contributed by atoms with Crippen molar-refractivity contribution < 1.29 is 44.7 Å². The third kappa shape index (κ3) is 12.6. The Kier molecular flexibility index (Phi) is 13.0. The van der Waals surface area contributed by atoms with Crippen molar-refractivity contribution in [3.05, 3.63) is 0 Å². The van der Waals surface area contributed by atoms with Crippen molar-refractivity contribution in [2.75, 3.05) is 72.0 Å². The van der Waals surface area contributed by atoms with Crippen LogP contribution >= 0.6 is 0 Å². The number of ketones is 1. The molecular formula is C20H36N4O9. The number of aliphatic hydroxyl groups excluding tert-OH is 1. The summed E-state index contributed by atoms with van der Waals surface area (Å²) in [4.78, 5) is 52.5. The molecule has 0 aromatic heterocycles. The molecule has 5 N–H and O–H groups in total. The van der Waals surface area contributed by atoms with Gasteiger partial charge in [-0.25, -0.2) is 0 Å². The molecule has 13 heteroatoms. The molecule has 33 heavy (non-hydrogen) atoms. The van der Waals surface area contributed by atoms with Gasteiger partial charge in [0.05, 0.1) is 13.1 Å². The van der Waals surface area contributed by atoms with Crippen molar-refractivity contribution >= 4 is 23.7 Å². The second-order valence-electron chi connectivity index (χ2n) is 8.25. The molecule has 1 aliphatic heterocycles. The predicted molar refractivity (Wildman–Crippen MR) is 116 cm³/mol. The number of nitrogens with zero attached hydrogens (tertiary/aromatic N) is 4. The average Bonchev–Trinajstić information content (AvgIpc) is 2.67. The van der Waals surface area contributed by atoms with Crippen LogP contribution in [-0.2, 0) is 19.2 Å². The molecule has 0 amide bonds. The second kappa shape index (κ2) is 14.9. The van der Waals surface area contributed by atoms with E-state index in [4.69, 9.17) is 0 Å². The zero-order valence-corrected chi connectivity index (χ0v) is 19.0. The highest BCUT2D eigenvalue weighted by molar-refractivity contribution is 5.78. The first-order valence-corrected chi connectivity index (χ1v) is 10.9. The average molecular weight is 477 g/mol. The minimum atomic E-state index is -1.61. The Hall–Kier alpha value is -2.16. The van der Waals surface area contributed by atoms with Crippen molar-refractivity contribution in [1.82, 2.24) is 19.6 Å². The Morgan fingerprint density at radius 2 is 1.15 bits per heavy atom. The van der Waals surface area contributed by atoms with E-state index in [0.29, 0.717) is 13.1 Å². The molecule has 0 bridgehead atoms. The Morgan fingerprint density at radius 3 is 1.55 bits per heavy atom. The molecule has 13 nitrogen and oxygen atoms in total. The summed E-state index contributed by atoms with van der Waals surface area (Å²) in [6, 6.07) is -0.951. The first kappa shape index (κ1) is 28.9. The molecule has 0 aliphatic carbocycles. The molecule has 0 spiro atoms. The number of aliphatic carboxylic acids is 3. The first-order valence-electron chi connectivity index (χ1n) is 10.9. The number of hydrogen-bond acceptors (Lipinski definition) is 10. The quantitative estimate of drug-likeness (QED) is 0.198. The van der Waals surface area contributed by atoms with Gasteiger partial charge >= 0.3 is 17.9 Å². The van der Waals surface area contributed by atoms with Gasteiger partial charge in [-0.15, -0.1) is 0 Å². The van der Waals surface area contributed by atoms with Crippen molar-refractivity contribution in [3.8, 4) is 0 Å². The van der Waals surface area contributed by atoms with Crippen molar-refractivity contribution in [2.24, 2.45) is 0 Å². The van der Waals surface area contributed by atoms with Gasteiger partial charge in [0, 0.05) is 65.3 Å². The molecule has 1 unspecified atom stereocenters. The smallest absolute Gasteiger partial charge is 0.320 e. The molecule has 1 saturated heterocycles. The van der Waals surface area contributed by atoms with Crippen molar-refractivity contribution in [3.63, 3.8) is 0 Å². The van der Waals surface area contributed by atoms with Gasteiger partial charge in [0.25, 0.3) is 0 Å². The normalized spacial score (nSPS) is 19.5. The Bertz CT molecular complexity index is 661. The maximum Gasteiger partial charge on any atom is 0.320 e. The summed E-state index contributed by atoms with van der Waals surface area (Å²) in [6.45, 7) is 2.90. The number of carboxylic acids is 3. The van der Waals surface area contributed by atoms with Crippen molar-refractivity contribution in [2.45, 2.75) is 32.1 Å². The Balaban J connectivity index is 3.10. The van der Waals surface area contributed by atoms with Gasteiger partial charge in [0.15, 0.2) is 6.29 Å². The summed E-state index contributed by atoms with van der Waals surface area (Å²) in [5, 5.41) is 47.0. The van der Waals surface area contributed by atoms with E-state index in [1.165, 1.54) is 6.92 Å². The minimum Gasteiger partial charge on any atom is -0.480 e. The van der Waals surface area contributed by atoms with Crippen LogP contribution in [-0.4, -0.2) is 153 Å². The van der Waals surface area contributed by atoms with Gasteiger partial charge in [-0.1, -0.05) is 0 Å². The van der Waals surface area contributed by atoms with Gasteiger partial charge < -0.3 is 30.3 Å². The molecule has 0 aromatic rings. The minimum absolute atomic E-state index is 0.0922. The Morgan fingerprint density at radius 1 is 0.727 bits per heavy atom. The summed E-state index contributed by atoms with van der Waals surface area (Å²) < 4.78 is 0. The largest absolute Gasteiger partial charge is 0.480 e. The zero-order chi connectivity index (χ0) is 25.0. The topological polar surface area (TPSA) is 182 Å². The Labute approximate surface area is 192 Å². The van der Waals surface area contributed by atoms with E-state index in [0.717, 1.165) is 0 Å². The number of hydrogen-bond donors (Lipinski definition) is 5. The molecule has 190 valence electrons. The summed E-state index contributed by atoms with van der Waals surface area (Å²) in [5.74, 6) is -3.30. The van der Waals surface area contributed by atoms with Gasteiger partial charge in [-0.05, 0) is 13.3 Å². The highest BCUT2D eigenvalue weighted by atomic mass is 16.5. The van der Waals surface area contributed by atoms with E-state index in [1.54, 1.807) is 19.6 Å². The van der Waals surface area contributed by atoms with Gasteiger partial charge in [0.2, 0.25) is 0 Å². The van der Waals surface area contributed by atoms with E-state index in [9.17, 15) is 44.7 Å². The predicted octanol–water partition coefficient (Wildman–Crippen LogP) is -2.49. The third-order valence-corrected chi connectivity index (χ3v) is 5.51. The zero-order valence-electron chi connectivity index (χ0n) is 19.0. The van der Waals surface area contributed by atoms with Crippen molar-refractivity contribution in [1.29, 1.82) is 0 Å². The number of Topliss-reactive ketones (excluding diaryl/α,β-unsaturated/α-hetero) is 1. The lowest BCUT2D eigenvalue weighted by Crippen LogP contribution is -2.52. The van der Waals surface area contributed by atoms with Gasteiger partial charge in [0.1, 0.15) is 11.8 Å². The monoisotopic (exact) mass is 476 g/mol. The van der Waals surface area contributed by atoms with Crippen LogP contribution < -0.4 is 0 Å². The fourth-order valence-corrected chi connectivity index (χ4v) is 3.78. The standard InChI is InChI=1S/C20H36N4O9/c1-15(25)2-3-16(20(32)33)24-10-8-22(13-18(28)29)6-4-21(12-17(26)27)5-7-23(9-11-24)14-19(30)31/h16,18,28-29H,2-14H2,1H3,(H,26,27)(H,30,31)(H,32,33). The van der Waals surface area contributed by atoms with Crippen LogP contribution in [0.4, 0.5) is 0 Å². The summed E-state index contributed by atoms with van der Waals surface area (Å²) in [6.07, 6.45) is -1.41. The van der Waals surface area contributed by atoms with E-state index in [2.05, 4.69) is 0 Å². The molecule has 1 fully saturated rings. The molecule has 1 heterocycles. The lowest BCUT2D eigenvalue weighted by Gasteiger charge is -2.35. The van der Waals surface area contributed by atoms with E-state index < -0.39 is 30.2 Å². The summed E-state index contributed by atoms with van der Waals surface area (Å²) in [5.41, 5.74) is 0. The van der Waals surface area contributed by atoms with Gasteiger partial charge in [-0.3, -0.25) is 34.0 Å². The molecular weight excluding hydrogens is 440 g/mol. The van der Waals surface area contributed by atoms with E-state index in [1.807, 2.05) is 0 Å². The number of carboxylic acid groups (broad SMARTS) is 3. The lowest BCUT2D eigenvalue weighted by molar-refractivity contribution is -0.144. The SMILES string of the molecule is CC(=O)CCC(C(=O)O)N1CCN(CC(=O)O)CCN(CC(=O)O)CCN(CC(O)O)CC1. The van der Waals surface area contributed by atoms with Crippen LogP contribution in [0.1, 0.15) is 19.8 Å². The number of carbonyl (C=O) groups excluding carboxylic acids is 1. The van der Waals surface area contributed by atoms with Crippen LogP contribution in [0.5, 0.6) is 0 Å². The van der Waals surface area contributed by atoms with Crippen LogP contribution in [0.2, 0.25) is 0 Å². The molecule has 0 saturated carbocycles. The molecule has 0 radical (unpaired) electrons. The lowest BCUT2D eigenvalue weighted by atomic mass is 10.1. The fourth-order valence-electron chi connectivity index (χ4n) is 3.78. The van der Waals surface area contributed by atoms with E-state index in [-0.39, 0.29) is 77.5 Å². The molecule has 1 atom stereocenters. The first-order chi connectivity index (χ1) is 15.5. The van der Waals surface area contributed by atoms with E-state index >= 15 is 0 Å². The third-order valence-electron chi connectivity index (χ3n) is 5.51. The molecule has 1 rings (SSSR count). The number of β-amino-alcohol motifs (C(OH)–C–C–N with tert-alkyl or cyclic N) is 2. The highest BCUT2D eigenvalue weighted by Gasteiger charge is 2.28. The number of carbonyl (C=O) groups is 4. The summed E-state index contributed by atoms with van der Waals surface area (Å²) >= 11 is 0. The second-order valence-corrected chi connectivity index (χ2v) is 8.25. The number of aliphatic hydroxyl groups is 2.